The van der Waals surface area contributed by atoms with E-state index in [4.69, 9.17) is 12.2 Å². The van der Waals surface area contributed by atoms with E-state index >= 15 is 0 Å². The molecule has 7 nitrogen and oxygen atoms in total. The van der Waals surface area contributed by atoms with Gasteiger partial charge in [0.1, 0.15) is 0 Å². The molecule has 3 amide bonds. The van der Waals surface area contributed by atoms with Crippen molar-refractivity contribution < 1.29 is 14.4 Å². The second kappa shape index (κ2) is 11.7. The number of halogens is 1. The Hall–Kier alpha value is -2.78. The predicted octanol–water partition coefficient (Wildman–Crippen LogP) is 3.48. The van der Waals surface area contributed by atoms with Gasteiger partial charge in [-0.25, -0.2) is 0 Å². The molecule has 0 saturated carbocycles. The van der Waals surface area contributed by atoms with E-state index in [0.29, 0.717) is 12.1 Å². The third kappa shape index (κ3) is 8.39. The monoisotopic (exact) mass is 518 g/mol. The Morgan fingerprint density at radius 1 is 0.938 bits per heavy atom. The number of hydrogen-bond donors (Lipinski definition) is 4. The van der Waals surface area contributed by atoms with E-state index in [1.165, 1.54) is 0 Å². The highest BCUT2D eigenvalue weighted by molar-refractivity contribution is 9.10. The number of thiocarbonyl (C=S) groups is 1. The van der Waals surface area contributed by atoms with E-state index in [1.54, 1.807) is 12.1 Å². The van der Waals surface area contributed by atoms with Crippen LogP contribution in [0.25, 0.3) is 0 Å². The molecule has 0 radical (unpaired) electrons. The Morgan fingerprint density at radius 3 is 2.22 bits per heavy atom. The number of carbonyl (C=O) groups excluding carboxylic acids is 3. The first kappa shape index (κ1) is 25.5. The van der Waals surface area contributed by atoms with E-state index in [0.717, 1.165) is 15.6 Å². The summed E-state index contributed by atoms with van der Waals surface area (Å²) in [4.78, 5) is 36.2. The van der Waals surface area contributed by atoms with E-state index in [-0.39, 0.29) is 29.3 Å². The van der Waals surface area contributed by atoms with Crippen LogP contribution in [0.15, 0.2) is 53.0 Å². The summed E-state index contributed by atoms with van der Waals surface area (Å²) in [6.45, 7) is 6.66. The fourth-order valence-corrected chi connectivity index (χ4v) is 3.89. The first-order valence-corrected chi connectivity index (χ1v) is 11.3. The standard InChI is InChI=1S/C23H27BrN4O3S/c1-23(2,3)17-10-9-16(13-18(17)24)21(31)26-22(32)28-27-20(30)12-11-19(29)25-14-15-7-5-4-6-8-15/h4-10,13H,11-12,14H2,1-3H3,(H,25,29)(H,27,30)(H2,26,28,31,32). The zero-order valence-corrected chi connectivity index (χ0v) is 20.7. The van der Waals surface area contributed by atoms with E-state index in [1.807, 2.05) is 36.4 Å². The Bertz CT molecular complexity index is 990. The zero-order valence-electron chi connectivity index (χ0n) is 18.3. The average molecular weight is 519 g/mol. The normalized spacial score (nSPS) is 10.8. The fraction of sp³-hybridized carbons (Fsp3) is 0.304. The maximum atomic E-state index is 12.4. The summed E-state index contributed by atoms with van der Waals surface area (Å²) >= 11 is 8.55. The van der Waals surface area contributed by atoms with Gasteiger partial charge in [0.05, 0.1) is 0 Å². The minimum absolute atomic E-state index is 0.0224. The van der Waals surface area contributed by atoms with Gasteiger partial charge in [-0.3, -0.25) is 30.6 Å². The maximum Gasteiger partial charge on any atom is 0.257 e. The Morgan fingerprint density at radius 2 is 1.59 bits per heavy atom. The van der Waals surface area contributed by atoms with Gasteiger partial charge in [-0.15, -0.1) is 0 Å². The summed E-state index contributed by atoms with van der Waals surface area (Å²) in [6.07, 6.45) is 0.0129. The van der Waals surface area contributed by atoms with Gasteiger partial charge in [0.15, 0.2) is 5.11 Å². The predicted molar refractivity (Wildman–Crippen MR) is 132 cm³/mol. The summed E-state index contributed by atoms with van der Waals surface area (Å²) < 4.78 is 0.829. The van der Waals surface area contributed by atoms with Crippen LogP contribution in [0.2, 0.25) is 0 Å². The molecule has 0 aliphatic heterocycles. The molecular weight excluding hydrogens is 492 g/mol. The molecule has 2 rings (SSSR count). The van der Waals surface area contributed by atoms with Crippen molar-refractivity contribution in [1.29, 1.82) is 0 Å². The van der Waals surface area contributed by atoms with E-state index in [2.05, 4.69) is 58.2 Å². The van der Waals surface area contributed by atoms with Gasteiger partial charge < -0.3 is 5.32 Å². The molecule has 170 valence electrons. The van der Waals surface area contributed by atoms with E-state index < -0.39 is 11.8 Å². The number of hydrazine groups is 1. The summed E-state index contributed by atoms with van der Waals surface area (Å²) in [7, 11) is 0. The van der Waals surface area contributed by atoms with Crippen molar-refractivity contribution in [3.05, 3.63) is 69.7 Å². The Kier molecular flexibility index (Phi) is 9.34. The lowest BCUT2D eigenvalue weighted by atomic mass is 9.86. The summed E-state index contributed by atoms with van der Waals surface area (Å²) in [6, 6.07) is 14.8. The molecule has 0 spiro atoms. The Labute approximate surface area is 201 Å². The number of hydrogen-bond acceptors (Lipinski definition) is 4. The smallest absolute Gasteiger partial charge is 0.257 e. The van der Waals surface area contributed by atoms with Gasteiger partial charge in [-0.05, 0) is 40.9 Å². The molecule has 0 atom stereocenters. The van der Waals surface area contributed by atoms with Crippen LogP contribution in [-0.2, 0) is 21.5 Å². The molecule has 0 aliphatic carbocycles. The SMILES string of the molecule is CC(C)(C)c1ccc(C(=O)NC(=S)NNC(=O)CCC(=O)NCc2ccccc2)cc1Br. The van der Waals surface area contributed by atoms with Gasteiger partial charge in [-0.1, -0.05) is 73.1 Å². The molecule has 4 N–H and O–H groups in total. The largest absolute Gasteiger partial charge is 0.352 e. The molecule has 0 bridgehead atoms. The van der Waals surface area contributed by atoms with Crippen molar-refractivity contribution in [2.75, 3.05) is 0 Å². The number of rotatable bonds is 6. The average Bonchev–Trinajstić information content (AvgIpc) is 2.74. The van der Waals surface area contributed by atoms with Crippen LogP contribution < -0.4 is 21.5 Å². The molecule has 9 heteroatoms. The van der Waals surface area contributed by atoms with Gasteiger partial charge in [0.25, 0.3) is 5.91 Å². The van der Waals surface area contributed by atoms with Crippen LogP contribution in [0.3, 0.4) is 0 Å². The summed E-state index contributed by atoms with van der Waals surface area (Å²) in [5, 5.41) is 5.21. The van der Waals surface area contributed by atoms with Crippen LogP contribution in [0.1, 0.15) is 55.1 Å². The number of amides is 3. The number of nitrogens with one attached hydrogen (secondary N) is 4. The molecule has 2 aromatic rings. The van der Waals surface area contributed by atoms with Crippen LogP contribution in [-0.4, -0.2) is 22.8 Å². The van der Waals surface area contributed by atoms with Crippen LogP contribution >= 0.6 is 28.1 Å². The topological polar surface area (TPSA) is 99.3 Å². The highest BCUT2D eigenvalue weighted by Gasteiger charge is 2.18. The first-order chi connectivity index (χ1) is 15.1. The number of benzene rings is 2. The lowest BCUT2D eigenvalue weighted by Gasteiger charge is -2.21. The summed E-state index contributed by atoms with van der Waals surface area (Å²) in [5.74, 6) is -1.06. The molecular formula is C23H27BrN4O3S. The third-order valence-electron chi connectivity index (χ3n) is 4.49. The van der Waals surface area contributed by atoms with Gasteiger partial charge >= 0.3 is 0 Å². The first-order valence-electron chi connectivity index (χ1n) is 10.1. The van der Waals surface area contributed by atoms with Crippen LogP contribution in [0.5, 0.6) is 0 Å². The fourth-order valence-electron chi connectivity index (χ4n) is 2.77. The maximum absolute atomic E-state index is 12.4. The molecule has 0 unspecified atom stereocenters. The highest BCUT2D eigenvalue weighted by atomic mass is 79.9. The summed E-state index contributed by atoms with van der Waals surface area (Å²) in [5.41, 5.74) is 7.27. The minimum atomic E-state index is -0.422. The van der Waals surface area contributed by atoms with Gasteiger partial charge in [0.2, 0.25) is 11.8 Å². The van der Waals surface area contributed by atoms with Crippen molar-refractivity contribution in [2.24, 2.45) is 0 Å². The van der Waals surface area contributed by atoms with Crippen molar-refractivity contribution in [3.8, 4) is 0 Å². The third-order valence-corrected chi connectivity index (χ3v) is 5.35. The molecule has 0 fully saturated rings. The van der Waals surface area contributed by atoms with Crippen molar-refractivity contribution in [1.82, 2.24) is 21.5 Å². The molecule has 0 saturated heterocycles. The second-order valence-electron chi connectivity index (χ2n) is 8.16. The molecule has 0 heterocycles. The van der Waals surface area contributed by atoms with E-state index in [9.17, 15) is 14.4 Å². The molecule has 32 heavy (non-hydrogen) atoms. The van der Waals surface area contributed by atoms with Crippen molar-refractivity contribution >= 4 is 51.0 Å². The van der Waals surface area contributed by atoms with Crippen LogP contribution in [0.4, 0.5) is 0 Å². The van der Waals surface area contributed by atoms with Crippen molar-refractivity contribution in [3.63, 3.8) is 0 Å². The highest BCUT2D eigenvalue weighted by Crippen LogP contribution is 2.30. The zero-order chi connectivity index (χ0) is 23.7. The Balaban J connectivity index is 1.71. The molecule has 0 aromatic heterocycles. The van der Waals surface area contributed by atoms with Gasteiger partial charge in [0, 0.05) is 29.4 Å². The lowest BCUT2D eigenvalue weighted by Crippen LogP contribution is -2.48. The van der Waals surface area contributed by atoms with Crippen LogP contribution in [0, 0.1) is 0 Å². The minimum Gasteiger partial charge on any atom is -0.352 e. The molecule has 0 aliphatic rings. The lowest BCUT2D eigenvalue weighted by molar-refractivity contribution is -0.126. The second-order valence-corrected chi connectivity index (χ2v) is 9.43. The number of carbonyl (C=O) groups is 3. The van der Waals surface area contributed by atoms with Gasteiger partial charge in [-0.2, -0.15) is 0 Å². The quantitative estimate of drug-likeness (QED) is 0.346. The molecule has 2 aromatic carbocycles. The van der Waals surface area contributed by atoms with Crippen molar-refractivity contribution in [2.45, 2.75) is 45.6 Å².